The smallest absolute Gasteiger partial charge is 0.115 e. The normalized spacial score (nSPS) is 18.6. The summed E-state index contributed by atoms with van der Waals surface area (Å²) in [6.45, 7) is 5.75. The number of nitrogens with zero attached hydrogens (tertiary/aromatic N) is 1. The maximum atomic E-state index is 9.19. The van der Waals surface area contributed by atoms with Crippen molar-refractivity contribution in [3.05, 3.63) is 24.3 Å². The van der Waals surface area contributed by atoms with Crippen LogP contribution in [0, 0.1) is 0 Å². The SMILES string of the molecule is CCN1CCC(Nc2ccc(O)cc2)CC1. The average molecular weight is 220 g/mol. The molecule has 1 saturated heterocycles. The highest BCUT2D eigenvalue weighted by Gasteiger charge is 2.17. The molecule has 1 fully saturated rings. The number of hydrogen-bond acceptors (Lipinski definition) is 3. The van der Waals surface area contributed by atoms with Gasteiger partial charge in [-0.15, -0.1) is 0 Å². The monoisotopic (exact) mass is 220 g/mol. The molecule has 1 aromatic rings. The van der Waals surface area contributed by atoms with Gasteiger partial charge >= 0.3 is 0 Å². The molecule has 0 bridgehead atoms. The highest BCUT2D eigenvalue weighted by molar-refractivity contribution is 5.46. The molecule has 1 aliphatic heterocycles. The van der Waals surface area contributed by atoms with Crippen LogP contribution in [0.5, 0.6) is 5.75 Å². The first-order valence-electron chi connectivity index (χ1n) is 6.06. The maximum absolute atomic E-state index is 9.19. The second-order valence-electron chi connectivity index (χ2n) is 4.40. The predicted octanol–water partition coefficient (Wildman–Crippen LogP) is 2.29. The van der Waals surface area contributed by atoms with Crippen LogP contribution in [-0.2, 0) is 0 Å². The Balaban J connectivity index is 1.84. The minimum Gasteiger partial charge on any atom is -0.508 e. The molecule has 1 aromatic carbocycles. The molecule has 2 N–H and O–H groups in total. The van der Waals surface area contributed by atoms with E-state index < -0.39 is 0 Å². The van der Waals surface area contributed by atoms with Crippen LogP contribution in [0.4, 0.5) is 5.69 Å². The molecule has 0 saturated carbocycles. The fraction of sp³-hybridized carbons (Fsp3) is 0.538. The van der Waals surface area contributed by atoms with Crippen molar-refractivity contribution in [2.75, 3.05) is 25.0 Å². The third-order valence-corrected chi connectivity index (χ3v) is 3.27. The number of piperidine rings is 1. The lowest BCUT2D eigenvalue weighted by Crippen LogP contribution is -2.38. The Labute approximate surface area is 97.1 Å². The Kier molecular flexibility index (Phi) is 3.67. The van der Waals surface area contributed by atoms with E-state index in [0.717, 1.165) is 12.2 Å². The van der Waals surface area contributed by atoms with Crippen molar-refractivity contribution >= 4 is 5.69 Å². The van der Waals surface area contributed by atoms with Crippen LogP contribution in [0.1, 0.15) is 19.8 Å². The Morgan fingerprint density at radius 1 is 1.25 bits per heavy atom. The Morgan fingerprint density at radius 3 is 2.44 bits per heavy atom. The van der Waals surface area contributed by atoms with Gasteiger partial charge in [0.2, 0.25) is 0 Å². The third-order valence-electron chi connectivity index (χ3n) is 3.27. The van der Waals surface area contributed by atoms with E-state index in [1.54, 1.807) is 12.1 Å². The van der Waals surface area contributed by atoms with Crippen molar-refractivity contribution in [3.8, 4) is 5.75 Å². The summed E-state index contributed by atoms with van der Waals surface area (Å²) in [7, 11) is 0. The summed E-state index contributed by atoms with van der Waals surface area (Å²) in [5, 5.41) is 12.7. The molecule has 3 nitrogen and oxygen atoms in total. The number of hydrogen-bond donors (Lipinski definition) is 2. The zero-order chi connectivity index (χ0) is 11.4. The minimum absolute atomic E-state index is 0.325. The van der Waals surface area contributed by atoms with E-state index >= 15 is 0 Å². The number of anilines is 1. The summed E-state index contributed by atoms with van der Waals surface area (Å²) >= 11 is 0. The van der Waals surface area contributed by atoms with Gasteiger partial charge in [-0.05, 0) is 43.7 Å². The largest absolute Gasteiger partial charge is 0.508 e. The molecule has 0 spiro atoms. The van der Waals surface area contributed by atoms with Crippen LogP contribution in [-0.4, -0.2) is 35.7 Å². The molecule has 0 radical (unpaired) electrons. The lowest BCUT2D eigenvalue weighted by atomic mass is 10.0. The van der Waals surface area contributed by atoms with E-state index in [-0.39, 0.29) is 0 Å². The first-order valence-corrected chi connectivity index (χ1v) is 6.06. The molecule has 0 aromatic heterocycles. The lowest BCUT2D eigenvalue weighted by Gasteiger charge is -2.32. The summed E-state index contributed by atoms with van der Waals surface area (Å²) in [6, 6.07) is 7.89. The number of rotatable bonds is 3. The fourth-order valence-corrected chi connectivity index (χ4v) is 2.19. The van der Waals surface area contributed by atoms with Gasteiger partial charge in [0.05, 0.1) is 0 Å². The van der Waals surface area contributed by atoms with E-state index in [2.05, 4.69) is 17.1 Å². The van der Waals surface area contributed by atoms with Crippen LogP contribution in [0.15, 0.2) is 24.3 Å². The molecule has 88 valence electrons. The standard InChI is InChI=1S/C13H20N2O/c1-2-15-9-7-12(8-10-15)14-11-3-5-13(16)6-4-11/h3-6,12,14,16H,2,7-10H2,1H3. The summed E-state index contributed by atoms with van der Waals surface area (Å²) in [6.07, 6.45) is 2.41. The van der Waals surface area contributed by atoms with Crippen LogP contribution < -0.4 is 5.32 Å². The van der Waals surface area contributed by atoms with Gasteiger partial charge in [-0.25, -0.2) is 0 Å². The Hall–Kier alpha value is -1.22. The average Bonchev–Trinajstić information content (AvgIpc) is 2.33. The molecular weight excluding hydrogens is 200 g/mol. The number of benzene rings is 1. The van der Waals surface area contributed by atoms with Crippen molar-refractivity contribution in [1.29, 1.82) is 0 Å². The van der Waals surface area contributed by atoms with Gasteiger partial charge < -0.3 is 15.3 Å². The van der Waals surface area contributed by atoms with Crippen LogP contribution in [0.2, 0.25) is 0 Å². The van der Waals surface area contributed by atoms with Gasteiger partial charge in [-0.2, -0.15) is 0 Å². The molecule has 2 rings (SSSR count). The van der Waals surface area contributed by atoms with Gasteiger partial charge in [0, 0.05) is 24.8 Å². The number of nitrogens with one attached hydrogen (secondary N) is 1. The Morgan fingerprint density at radius 2 is 1.88 bits per heavy atom. The van der Waals surface area contributed by atoms with Crippen molar-refractivity contribution in [2.45, 2.75) is 25.8 Å². The quantitative estimate of drug-likeness (QED) is 0.767. The van der Waals surface area contributed by atoms with E-state index in [1.165, 1.54) is 25.9 Å². The van der Waals surface area contributed by atoms with E-state index in [0.29, 0.717) is 11.8 Å². The molecule has 3 heteroatoms. The molecule has 16 heavy (non-hydrogen) atoms. The van der Waals surface area contributed by atoms with Gasteiger partial charge in [0.1, 0.15) is 5.75 Å². The van der Waals surface area contributed by atoms with Crippen molar-refractivity contribution in [2.24, 2.45) is 0 Å². The summed E-state index contributed by atoms with van der Waals surface area (Å²) in [5.41, 5.74) is 1.10. The molecule has 1 heterocycles. The van der Waals surface area contributed by atoms with Crippen LogP contribution in [0.25, 0.3) is 0 Å². The zero-order valence-electron chi connectivity index (χ0n) is 9.82. The Bertz CT molecular complexity index is 315. The van der Waals surface area contributed by atoms with Crippen molar-refractivity contribution in [1.82, 2.24) is 4.90 Å². The second-order valence-corrected chi connectivity index (χ2v) is 4.40. The van der Waals surface area contributed by atoms with Crippen molar-refractivity contribution in [3.63, 3.8) is 0 Å². The number of aromatic hydroxyl groups is 1. The van der Waals surface area contributed by atoms with Gasteiger partial charge in [0.15, 0.2) is 0 Å². The first-order chi connectivity index (χ1) is 7.78. The molecular formula is C13H20N2O. The highest BCUT2D eigenvalue weighted by atomic mass is 16.3. The summed E-state index contributed by atoms with van der Waals surface area (Å²) < 4.78 is 0. The van der Waals surface area contributed by atoms with E-state index in [9.17, 15) is 5.11 Å². The second kappa shape index (κ2) is 5.21. The minimum atomic E-state index is 0.325. The van der Waals surface area contributed by atoms with E-state index in [4.69, 9.17) is 0 Å². The third kappa shape index (κ3) is 2.89. The zero-order valence-corrected chi connectivity index (χ0v) is 9.82. The number of phenolic OH excluding ortho intramolecular Hbond substituents is 1. The van der Waals surface area contributed by atoms with Crippen molar-refractivity contribution < 1.29 is 5.11 Å². The molecule has 0 amide bonds. The predicted molar refractivity (Wildman–Crippen MR) is 66.9 cm³/mol. The molecule has 1 aliphatic rings. The van der Waals surface area contributed by atoms with Crippen LogP contribution in [0.3, 0.4) is 0 Å². The van der Waals surface area contributed by atoms with Gasteiger partial charge in [-0.3, -0.25) is 0 Å². The van der Waals surface area contributed by atoms with Gasteiger partial charge in [-0.1, -0.05) is 6.92 Å². The fourth-order valence-electron chi connectivity index (χ4n) is 2.19. The van der Waals surface area contributed by atoms with E-state index in [1.807, 2.05) is 12.1 Å². The highest BCUT2D eigenvalue weighted by Crippen LogP contribution is 2.18. The summed E-state index contributed by atoms with van der Waals surface area (Å²) in [5.74, 6) is 0.325. The summed E-state index contributed by atoms with van der Waals surface area (Å²) in [4.78, 5) is 2.48. The maximum Gasteiger partial charge on any atom is 0.115 e. The van der Waals surface area contributed by atoms with Crippen LogP contribution >= 0.6 is 0 Å². The first kappa shape index (κ1) is 11.3. The number of likely N-dealkylation sites (tertiary alicyclic amines) is 1. The molecule has 0 aliphatic carbocycles. The molecule has 0 unspecified atom stereocenters. The topological polar surface area (TPSA) is 35.5 Å². The molecule has 0 atom stereocenters. The van der Waals surface area contributed by atoms with Gasteiger partial charge in [0.25, 0.3) is 0 Å². The number of phenols is 1. The lowest BCUT2D eigenvalue weighted by molar-refractivity contribution is 0.229.